The predicted molar refractivity (Wildman–Crippen MR) is 44.5 cm³/mol. The highest BCUT2D eigenvalue weighted by Gasteiger charge is 2.30. The minimum Gasteiger partial charge on any atom is -0.244 e. The largest absolute Gasteiger partial charge is 0.416 e. The number of halogens is 3. The summed E-state index contributed by atoms with van der Waals surface area (Å²) >= 11 is 0. The molecule has 0 spiro atoms. The molecule has 0 saturated heterocycles. The van der Waals surface area contributed by atoms with Crippen molar-refractivity contribution >= 4 is 10.9 Å². The van der Waals surface area contributed by atoms with Crippen LogP contribution in [0.1, 0.15) is 5.56 Å². The predicted octanol–water partition coefficient (Wildman–Crippen LogP) is 2.65. The van der Waals surface area contributed by atoms with Gasteiger partial charge in [-0.05, 0) is 18.2 Å². The minimum absolute atomic E-state index is 0.391. The summed E-state index contributed by atoms with van der Waals surface area (Å²) in [7, 11) is 0. The summed E-state index contributed by atoms with van der Waals surface area (Å²) in [4.78, 5) is 7.48. The number of aromatic nitrogens is 2. The summed E-state index contributed by atoms with van der Waals surface area (Å²) in [6.45, 7) is 0. The quantitative estimate of drug-likeness (QED) is 0.650. The lowest BCUT2D eigenvalue weighted by Crippen LogP contribution is -2.04. The zero-order valence-electron chi connectivity index (χ0n) is 6.92. The Balaban J connectivity index is 2.63. The molecule has 2 nitrogen and oxygen atoms in total. The molecular weight excluding hydrogens is 193 g/mol. The van der Waals surface area contributed by atoms with Crippen LogP contribution in [0.5, 0.6) is 0 Å². The van der Waals surface area contributed by atoms with E-state index in [9.17, 15) is 13.2 Å². The first-order valence-electron chi connectivity index (χ1n) is 3.84. The zero-order valence-corrected chi connectivity index (χ0v) is 6.92. The van der Waals surface area contributed by atoms with Gasteiger partial charge in [-0.2, -0.15) is 13.2 Å². The number of nitrogens with zero attached hydrogens (tertiary/aromatic N) is 2. The topological polar surface area (TPSA) is 25.8 Å². The SMILES string of the molecule is FC(F)(F)c1ccc2ncncc2c1. The van der Waals surface area contributed by atoms with Gasteiger partial charge < -0.3 is 0 Å². The average molecular weight is 198 g/mol. The Hall–Kier alpha value is -1.65. The van der Waals surface area contributed by atoms with Crippen molar-refractivity contribution in [1.82, 2.24) is 9.97 Å². The second-order valence-corrected chi connectivity index (χ2v) is 2.79. The Morgan fingerprint density at radius 3 is 2.64 bits per heavy atom. The van der Waals surface area contributed by atoms with Crippen LogP contribution in [0, 0.1) is 0 Å². The molecule has 0 atom stereocenters. The van der Waals surface area contributed by atoms with Crippen molar-refractivity contribution in [2.45, 2.75) is 6.18 Å². The van der Waals surface area contributed by atoms with Crippen LogP contribution in [0.25, 0.3) is 10.9 Å². The van der Waals surface area contributed by atoms with Gasteiger partial charge in [0.25, 0.3) is 0 Å². The van der Waals surface area contributed by atoms with Crippen LogP contribution in [0.3, 0.4) is 0 Å². The van der Waals surface area contributed by atoms with Crippen molar-refractivity contribution in [2.24, 2.45) is 0 Å². The molecule has 72 valence electrons. The maximum atomic E-state index is 12.3. The van der Waals surface area contributed by atoms with E-state index in [1.165, 1.54) is 18.6 Å². The first kappa shape index (κ1) is 8.93. The van der Waals surface area contributed by atoms with E-state index in [4.69, 9.17) is 0 Å². The van der Waals surface area contributed by atoms with Crippen molar-refractivity contribution in [3.8, 4) is 0 Å². The van der Waals surface area contributed by atoms with Crippen LogP contribution < -0.4 is 0 Å². The van der Waals surface area contributed by atoms with Crippen LogP contribution in [0.4, 0.5) is 13.2 Å². The van der Waals surface area contributed by atoms with E-state index in [1.807, 2.05) is 0 Å². The molecule has 0 fully saturated rings. The lowest BCUT2D eigenvalue weighted by atomic mass is 10.1. The number of hydrogen-bond acceptors (Lipinski definition) is 2. The number of fused-ring (bicyclic) bond motifs is 1. The number of benzene rings is 1. The van der Waals surface area contributed by atoms with Gasteiger partial charge in [0.2, 0.25) is 0 Å². The van der Waals surface area contributed by atoms with Crippen molar-refractivity contribution < 1.29 is 13.2 Å². The molecule has 0 N–H and O–H groups in total. The molecule has 0 radical (unpaired) electrons. The molecule has 0 saturated carbocycles. The molecule has 1 aromatic carbocycles. The molecule has 0 aliphatic carbocycles. The van der Waals surface area contributed by atoms with Crippen molar-refractivity contribution in [1.29, 1.82) is 0 Å². The van der Waals surface area contributed by atoms with Gasteiger partial charge in [-0.25, -0.2) is 9.97 Å². The van der Waals surface area contributed by atoms with Gasteiger partial charge in [-0.15, -0.1) is 0 Å². The Bertz CT molecular complexity index is 465. The van der Waals surface area contributed by atoms with Gasteiger partial charge in [0.05, 0.1) is 11.1 Å². The van der Waals surface area contributed by atoms with Gasteiger partial charge in [0.1, 0.15) is 6.33 Å². The van der Waals surface area contributed by atoms with Crippen molar-refractivity contribution in [2.75, 3.05) is 0 Å². The molecule has 1 heterocycles. The Morgan fingerprint density at radius 2 is 1.93 bits per heavy atom. The number of rotatable bonds is 0. The van der Waals surface area contributed by atoms with Gasteiger partial charge in [0.15, 0.2) is 0 Å². The van der Waals surface area contributed by atoms with Crippen LogP contribution in [0.15, 0.2) is 30.7 Å². The Morgan fingerprint density at radius 1 is 1.14 bits per heavy atom. The third kappa shape index (κ3) is 1.53. The minimum atomic E-state index is -4.32. The van der Waals surface area contributed by atoms with Gasteiger partial charge >= 0.3 is 6.18 Å². The van der Waals surface area contributed by atoms with Crippen LogP contribution >= 0.6 is 0 Å². The highest BCUT2D eigenvalue weighted by atomic mass is 19.4. The molecule has 1 aromatic heterocycles. The smallest absolute Gasteiger partial charge is 0.244 e. The van der Waals surface area contributed by atoms with E-state index in [1.54, 1.807) is 0 Å². The molecule has 0 amide bonds. The van der Waals surface area contributed by atoms with E-state index < -0.39 is 11.7 Å². The van der Waals surface area contributed by atoms with Crippen LogP contribution in [-0.4, -0.2) is 9.97 Å². The maximum Gasteiger partial charge on any atom is 0.416 e. The lowest BCUT2D eigenvalue weighted by Gasteiger charge is -2.06. The van der Waals surface area contributed by atoms with E-state index in [-0.39, 0.29) is 0 Å². The lowest BCUT2D eigenvalue weighted by molar-refractivity contribution is -0.137. The summed E-state index contributed by atoms with van der Waals surface area (Å²) in [5.74, 6) is 0. The first-order chi connectivity index (χ1) is 6.57. The van der Waals surface area contributed by atoms with Gasteiger partial charge in [-0.1, -0.05) is 0 Å². The van der Waals surface area contributed by atoms with Gasteiger partial charge in [0, 0.05) is 11.6 Å². The second-order valence-electron chi connectivity index (χ2n) is 2.79. The summed E-state index contributed by atoms with van der Waals surface area (Å²) in [5.41, 5.74) is -0.173. The fraction of sp³-hybridized carbons (Fsp3) is 0.111. The van der Waals surface area contributed by atoms with E-state index in [0.717, 1.165) is 12.1 Å². The zero-order chi connectivity index (χ0) is 10.2. The molecule has 2 rings (SSSR count). The molecule has 2 aromatic rings. The Kier molecular flexibility index (Phi) is 1.87. The summed E-state index contributed by atoms with van der Waals surface area (Å²) in [5, 5.41) is 0.391. The third-order valence-corrected chi connectivity index (χ3v) is 1.83. The Labute approximate surface area is 77.4 Å². The average Bonchev–Trinajstić information content (AvgIpc) is 2.16. The van der Waals surface area contributed by atoms with Crippen molar-refractivity contribution in [3.05, 3.63) is 36.3 Å². The normalized spacial score (nSPS) is 11.9. The number of alkyl halides is 3. The molecule has 0 unspecified atom stereocenters. The van der Waals surface area contributed by atoms with E-state index >= 15 is 0 Å². The van der Waals surface area contributed by atoms with E-state index in [0.29, 0.717) is 10.9 Å². The molecular formula is C9H5F3N2. The van der Waals surface area contributed by atoms with E-state index in [2.05, 4.69) is 9.97 Å². The second kappa shape index (κ2) is 2.94. The molecule has 5 heteroatoms. The molecule has 0 aliphatic rings. The molecule has 0 aliphatic heterocycles. The fourth-order valence-corrected chi connectivity index (χ4v) is 1.16. The van der Waals surface area contributed by atoms with Crippen molar-refractivity contribution in [3.63, 3.8) is 0 Å². The van der Waals surface area contributed by atoms with Crippen LogP contribution in [-0.2, 0) is 6.18 Å². The molecule has 0 bridgehead atoms. The monoisotopic (exact) mass is 198 g/mol. The highest BCUT2D eigenvalue weighted by molar-refractivity contribution is 5.78. The molecule has 14 heavy (non-hydrogen) atoms. The summed E-state index contributed by atoms with van der Waals surface area (Å²) in [6, 6.07) is 3.38. The first-order valence-corrected chi connectivity index (χ1v) is 3.84. The third-order valence-electron chi connectivity index (χ3n) is 1.83. The maximum absolute atomic E-state index is 12.3. The fourth-order valence-electron chi connectivity index (χ4n) is 1.16. The standard InChI is InChI=1S/C9H5F3N2/c10-9(11,12)7-1-2-8-6(3-7)4-13-5-14-8/h1-5H. The van der Waals surface area contributed by atoms with Gasteiger partial charge in [-0.3, -0.25) is 0 Å². The highest BCUT2D eigenvalue weighted by Crippen LogP contribution is 2.30. The van der Waals surface area contributed by atoms with Crippen LogP contribution in [0.2, 0.25) is 0 Å². The summed E-state index contributed by atoms with van der Waals surface area (Å²) in [6.07, 6.45) is -1.66. The summed E-state index contributed by atoms with van der Waals surface area (Å²) < 4.78 is 36.8. The number of hydrogen-bond donors (Lipinski definition) is 0.